The molecule has 0 aliphatic carbocycles. The molecule has 4 aromatic rings. The molecule has 0 spiro atoms. The van der Waals surface area contributed by atoms with Crippen molar-refractivity contribution >= 4 is 39.3 Å². The smallest absolute Gasteiger partial charge is 0.255 e. The van der Waals surface area contributed by atoms with Crippen LogP contribution in [0.1, 0.15) is 228 Å². The summed E-state index contributed by atoms with van der Waals surface area (Å²) in [6.45, 7) is 8.91. The molecule has 4 rings (SSSR count). The number of unbranched alkanes of at least 4 members (excludes halogenated alkanes) is 26. The van der Waals surface area contributed by atoms with Gasteiger partial charge >= 0.3 is 0 Å². The summed E-state index contributed by atoms with van der Waals surface area (Å²) in [5.41, 5.74) is 0.601. The van der Waals surface area contributed by atoms with E-state index in [9.17, 15) is 24.6 Å². The predicted molar refractivity (Wildman–Crippen MR) is 304 cm³/mol. The molecular weight excluding hydrogens is 893 g/mol. The van der Waals surface area contributed by atoms with Crippen LogP contribution in [0.25, 0.3) is 32.7 Å². The third-order valence-corrected chi connectivity index (χ3v) is 14.7. The summed E-state index contributed by atoms with van der Waals surface area (Å²) in [6.07, 6.45) is 36.5. The van der Waals surface area contributed by atoms with Gasteiger partial charge in [-0.05, 0) is 53.4 Å². The van der Waals surface area contributed by atoms with Gasteiger partial charge in [-0.15, -0.1) is 0 Å². The highest BCUT2D eigenvalue weighted by Gasteiger charge is 2.28. The van der Waals surface area contributed by atoms with Crippen molar-refractivity contribution in [3.8, 4) is 22.6 Å². The number of rotatable bonds is 39. The number of carbonyl (C=O) groups is 3. The number of benzene rings is 4. The van der Waals surface area contributed by atoms with Crippen LogP contribution < -0.4 is 10.6 Å². The molecule has 0 aliphatic rings. The lowest BCUT2D eigenvalue weighted by Crippen LogP contribution is -2.47. The third-order valence-electron chi connectivity index (χ3n) is 14.7. The zero-order valence-corrected chi connectivity index (χ0v) is 46.2. The second-order valence-electron chi connectivity index (χ2n) is 22.1. The van der Waals surface area contributed by atoms with Crippen molar-refractivity contribution in [2.24, 2.45) is 0 Å². The van der Waals surface area contributed by atoms with Gasteiger partial charge in [-0.3, -0.25) is 14.4 Å². The predicted octanol–water partition coefficient (Wildman–Crippen LogP) is 15.8. The number of phenolic OH excluding ortho intramolecular Hbond substituents is 2. The van der Waals surface area contributed by atoms with Gasteiger partial charge in [-0.25, -0.2) is 0 Å². The summed E-state index contributed by atoms with van der Waals surface area (Å²) < 4.78 is 0.766. The summed E-state index contributed by atoms with van der Waals surface area (Å²) in [4.78, 5) is 44.4. The van der Waals surface area contributed by atoms with Crippen LogP contribution in [0.5, 0.6) is 11.5 Å². The monoisotopic (exact) mass is 992 g/mol. The van der Waals surface area contributed by atoms with E-state index >= 15 is 0 Å². The number of hydrogen-bond donors (Lipinski definition) is 4. The Balaban J connectivity index is 1.43. The number of nitrogens with zero attached hydrogens (tertiary/aromatic N) is 2. The number of fused-ring (bicyclic) bond motifs is 2. The van der Waals surface area contributed by atoms with Crippen molar-refractivity contribution < 1.29 is 29.1 Å². The maximum atomic E-state index is 14.4. The fourth-order valence-electron chi connectivity index (χ4n) is 10.3. The van der Waals surface area contributed by atoms with Crippen molar-refractivity contribution in [3.05, 3.63) is 71.8 Å². The number of quaternary nitrogens is 1. The first-order valence-electron chi connectivity index (χ1n) is 29.1. The van der Waals surface area contributed by atoms with E-state index < -0.39 is 17.9 Å². The minimum absolute atomic E-state index is 0.00696. The Morgan fingerprint density at radius 2 is 0.847 bits per heavy atom. The first-order valence-corrected chi connectivity index (χ1v) is 29.1. The van der Waals surface area contributed by atoms with Gasteiger partial charge < -0.3 is 30.2 Å². The van der Waals surface area contributed by atoms with Crippen molar-refractivity contribution in [3.63, 3.8) is 0 Å². The molecule has 0 heterocycles. The first-order chi connectivity index (χ1) is 34.9. The van der Waals surface area contributed by atoms with Crippen LogP contribution in [0, 0.1) is 0 Å². The normalized spacial score (nSPS) is 12.1. The van der Waals surface area contributed by atoms with Crippen molar-refractivity contribution in [2.75, 3.05) is 47.3 Å². The van der Waals surface area contributed by atoms with Crippen LogP contribution in [0.15, 0.2) is 60.7 Å². The minimum atomic E-state index is -0.830. The molecule has 0 unspecified atom stereocenters. The highest BCUT2D eigenvalue weighted by atomic mass is 16.3. The number of hydrogen-bond acceptors (Lipinski definition) is 5. The van der Waals surface area contributed by atoms with Crippen LogP contribution in [-0.2, 0) is 4.79 Å². The van der Waals surface area contributed by atoms with E-state index in [1.165, 1.54) is 154 Å². The van der Waals surface area contributed by atoms with Crippen LogP contribution in [0.4, 0.5) is 0 Å². The molecule has 0 aliphatic heterocycles. The number of amides is 3. The summed E-state index contributed by atoms with van der Waals surface area (Å²) in [6, 6.07) is 17.3. The summed E-state index contributed by atoms with van der Waals surface area (Å²) in [5.74, 6) is -1.71. The Bertz CT molecular complexity index is 2160. The molecule has 0 radical (unpaired) electrons. The molecule has 9 heteroatoms. The molecule has 0 saturated heterocycles. The molecule has 4 N–H and O–H groups in total. The zero-order chi connectivity index (χ0) is 52.0. The van der Waals surface area contributed by atoms with E-state index in [0.29, 0.717) is 41.2 Å². The molecule has 9 nitrogen and oxygen atoms in total. The fourth-order valence-corrected chi connectivity index (χ4v) is 10.3. The molecule has 1 atom stereocenters. The average molecular weight is 993 g/mol. The number of carbonyl (C=O) groups excluding carboxylic acids is 3. The average Bonchev–Trinajstić information content (AvgIpc) is 3.36. The summed E-state index contributed by atoms with van der Waals surface area (Å²) in [5, 5.41) is 32.9. The molecule has 0 saturated carbocycles. The Hall–Kier alpha value is -4.63. The minimum Gasteiger partial charge on any atom is -0.506 e. The molecule has 4 aromatic carbocycles. The lowest BCUT2D eigenvalue weighted by molar-refractivity contribution is -0.870. The van der Waals surface area contributed by atoms with E-state index in [1.54, 1.807) is 19.1 Å². The molecular formula is C63H99N4O5+. The van der Waals surface area contributed by atoms with Crippen LogP contribution in [-0.4, -0.2) is 90.7 Å². The van der Waals surface area contributed by atoms with Gasteiger partial charge in [0.15, 0.2) is 0 Å². The van der Waals surface area contributed by atoms with E-state index in [0.717, 1.165) is 43.1 Å². The lowest BCUT2D eigenvalue weighted by Gasteiger charge is -2.27. The van der Waals surface area contributed by atoms with Gasteiger partial charge in [0, 0.05) is 37.2 Å². The van der Waals surface area contributed by atoms with Gasteiger partial charge in [0.1, 0.15) is 17.5 Å². The van der Waals surface area contributed by atoms with Gasteiger partial charge in [-0.2, -0.15) is 0 Å². The van der Waals surface area contributed by atoms with Gasteiger partial charge in [0.2, 0.25) is 5.91 Å². The van der Waals surface area contributed by atoms with Crippen molar-refractivity contribution in [1.29, 1.82) is 0 Å². The van der Waals surface area contributed by atoms with E-state index in [4.69, 9.17) is 0 Å². The lowest BCUT2D eigenvalue weighted by atomic mass is 9.88. The van der Waals surface area contributed by atoms with Gasteiger partial charge in [0.25, 0.3) is 11.8 Å². The Kier molecular flexibility index (Phi) is 28.3. The molecule has 72 heavy (non-hydrogen) atoms. The summed E-state index contributed by atoms with van der Waals surface area (Å²) >= 11 is 0. The van der Waals surface area contributed by atoms with Gasteiger partial charge in [-0.1, -0.05) is 229 Å². The Morgan fingerprint density at radius 1 is 0.500 bits per heavy atom. The number of aromatic hydroxyl groups is 2. The first kappa shape index (κ1) is 59.9. The largest absolute Gasteiger partial charge is 0.506 e. The number of nitrogens with one attached hydrogen (secondary N) is 2. The van der Waals surface area contributed by atoms with Crippen molar-refractivity contribution in [1.82, 2.24) is 15.5 Å². The number of phenols is 2. The van der Waals surface area contributed by atoms with Gasteiger partial charge in [0.05, 0.1) is 38.8 Å². The standard InChI is InChI=1S/C63H98N4O5/c1-7-9-11-13-15-17-19-21-23-25-27-29-31-37-45-66(46-38-32-30-28-26-24-22-20-18-16-14-12-10-8-2)63(72)50(3)65-62(71)56-49-52-41-34-36-43-54(52)58(60(56)69)57-53-42-35-33-40-51(53)48-55(59(57)68)61(70)64-44-39-47-67(4,5)6/h33-36,40-43,48-50H,7-32,37-39,44-47H2,1-6H3,(H3-,64,65,68,69,70,71)/p+1/t50-/m0/s1. The molecule has 0 bridgehead atoms. The second-order valence-corrected chi connectivity index (χ2v) is 22.1. The maximum absolute atomic E-state index is 14.4. The van der Waals surface area contributed by atoms with E-state index in [2.05, 4.69) is 45.6 Å². The van der Waals surface area contributed by atoms with Crippen molar-refractivity contribution in [2.45, 2.75) is 213 Å². The highest BCUT2D eigenvalue weighted by Crippen LogP contribution is 2.47. The molecule has 3 amide bonds. The highest BCUT2D eigenvalue weighted by molar-refractivity contribution is 6.16. The molecule has 0 aromatic heterocycles. The SMILES string of the molecule is CCCCCCCCCCCCCCCCN(CCCCCCCCCCCCCCCC)C(=O)[C@H](C)NC(=O)c1cc2ccccc2c(-c2c(O)c(C(=O)NCCC[N+](C)(C)C)cc3ccccc23)c1O. The van der Waals surface area contributed by atoms with Crippen LogP contribution in [0.3, 0.4) is 0 Å². The quantitative estimate of drug-likeness (QED) is 0.0262. The van der Waals surface area contributed by atoms with Crippen LogP contribution >= 0.6 is 0 Å². The maximum Gasteiger partial charge on any atom is 0.255 e. The van der Waals surface area contributed by atoms with E-state index in [-0.39, 0.29) is 39.7 Å². The molecule has 400 valence electrons. The topological polar surface area (TPSA) is 119 Å². The summed E-state index contributed by atoms with van der Waals surface area (Å²) in [7, 11) is 6.31. The zero-order valence-electron chi connectivity index (χ0n) is 46.2. The Morgan fingerprint density at radius 3 is 1.22 bits per heavy atom. The second kappa shape index (κ2) is 34.0. The third kappa shape index (κ3) is 21.1. The fraction of sp³-hybridized carbons (Fsp3) is 0.635. The van der Waals surface area contributed by atoms with Crippen LogP contribution in [0.2, 0.25) is 0 Å². The molecule has 0 fully saturated rings. The Labute approximate surface area is 436 Å². The van der Waals surface area contributed by atoms with E-state index in [1.807, 2.05) is 53.4 Å².